The Bertz CT molecular complexity index is 683. The Kier molecular flexibility index (Phi) is 5.11. The Hall–Kier alpha value is -2.41. The summed E-state index contributed by atoms with van der Waals surface area (Å²) >= 11 is 1.22. The lowest BCUT2D eigenvalue weighted by Gasteiger charge is -2.07. The van der Waals surface area contributed by atoms with Crippen LogP contribution >= 0.6 is 11.3 Å². The summed E-state index contributed by atoms with van der Waals surface area (Å²) in [5, 5.41) is 6.70. The van der Waals surface area contributed by atoms with Gasteiger partial charge in [-0.15, -0.1) is 0 Å². The highest BCUT2D eigenvalue weighted by Gasteiger charge is 2.22. The molecule has 5 nitrogen and oxygen atoms in total. The minimum absolute atomic E-state index is 0.251. The van der Waals surface area contributed by atoms with E-state index < -0.39 is 5.97 Å². The molecule has 0 radical (unpaired) electrons. The molecule has 7 heteroatoms. The molecule has 0 bridgehead atoms. The standard InChI is InChI=1S/C15H15FN2O3S/c1-3-21-15(20)12-9(2)13(17-8-19)22-14(12)18-11-6-4-10(16)5-7-11/h4-8,18H,3H2,1-2H3,(H,17,19). The number of benzene rings is 1. The van der Waals surface area contributed by atoms with Gasteiger partial charge in [-0.25, -0.2) is 9.18 Å². The smallest absolute Gasteiger partial charge is 0.341 e. The summed E-state index contributed by atoms with van der Waals surface area (Å²) in [6.45, 7) is 3.70. The van der Waals surface area contributed by atoms with Crippen LogP contribution < -0.4 is 10.6 Å². The molecule has 1 aromatic carbocycles. The molecule has 1 heterocycles. The molecule has 1 aromatic heterocycles. The molecule has 0 unspecified atom stereocenters. The highest BCUT2D eigenvalue weighted by atomic mass is 32.1. The molecule has 2 rings (SSSR count). The molecule has 0 aliphatic carbocycles. The zero-order chi connectivity index (χ0) is 16.1. The zero-order valence-corrected chi connectivity index (χ0v) is 12.9. The van der Waals surface area contributed by atoms with Gasteiger partial charge in [0.05, 0.1) is 12.2 Å². The molecule has 2 N–H and O–H groups in total. The molecule has 0 aliphatic heterocycles. The number of carbonyl (C=O) groups is 2. The van der Waals surface area contributed by atoms with Gasteiger partial charge in [0.15, 0.2) is 0 Å². The highest BCUT2D eigenvalue weighted by molar-refractivity contribution is 7.20. The summed E-state index contributed by atoms with van der Waals surface area (Å²) in [6, 6.07) is 5.76. The van der Waals surface area contributed by atoms with Gasteiger partial charge in [-0.3, -0.25) is 4.79 Å². The second-order valence-electron chi connectivity index (χ2n) is 4.37. The fourth-order valence-corrected chi connectivity index (χ4v) is 2.98. The van der Waals surface area contributed by atoms with E-state index >= 15 is 0 Å². The van der Waals surface area contributed by atoms with Crippen LogP contribution in [0.3, 0.4) is 0 Å². The second-order valence-corrected chi connectivity index (χ2v) is 5.40. The van der Waals surface area contributed by atoms with Crippen molar-refractivity contribution in [2.24, 2.45) is 0 Å². The Balaban J connectivity index is 2.39. The van der Waals surface area contributed by atoms with Gasteiger partial charge in [0.25, 0.3) is 0 Å². The summed E-state index contributed by atoms with van der Waals surface area (Å²) in [7, 11) is 0. The minimum Gasteiger partial charge on any atom is -0.462 e. The number of anilines is 3. The number of hydrogen-bond acceptors (Lipinski definition) is 5. The Morgan fingerprint density at radius 2 is 2.00 bits per heavy atom. The Morgan fingerprint density at radius 1 is 1.32 bits per heavy atom. The zero-order valence-electron chi connectivity index (χ0n) is 12.1. The van der Waals surface area contributed by atoms with Crippen molar-refractivity contribution in [2.75, 3.05) is 17.2 Å². The predicted octanol–water partition coefficient (Wildman–Crippen LogP) is 3.68. The van der Waals surface area contributed by atoms with Crippen molar-refractivity contribution in [3.8, 4) is 0 Å². The molecule has 0 spiro atoms. The van der Waals surface area contributed by atoms with Crippen molar-refractivity contribution in [3.63, 3.8) is 0 Å². The van der Waals surface area contributed by atoms with Crippen LogP contribution in [0.4, 0.5) is 20.1 Å². The first kappa shape index (κ1) is 16.0. The lowest BCUT2D eigenvalue weighted by atomic mass is 10.2. The number of thiophene rings is 1. The Morgan fingerprint density at radius 3 is 2.59 bits per heavy atom. The van der Waals surface area contributed by atoms with E-state index in [0.29, 0.717) is 33.2 Å². The number of ether oxygens (including phenoxy) is 1. The largest absolute Gasteiger partial charge is 0.462 e. The molecule has 0 atom stereocenters. The molecular formula is C15H15FN2O3S. The molecule has 116 valence electrons. The first-order valence-corrected chi connectivity index (χ1v) is 7.41. The Labute approximate surface area is 131 Å². The van der Waals surface area contributed by atoms with E-state index in [-0.39, 0.29) is 12.4 Å². The molecule has 0 fully saturated rings. The normalized spacial score (nSPS) is 10.1. The maximum atomic E-state index is 13.0. The average molecular weight is 322 g/mol. The highest BCUT2D eigenvalue weighted by Crippen LogP contribution is 2.39. The number of nitrogens with one attached hydrogen (secondary N) is 2. The van der Waals surface area contributed by atoms with Crippen LogP contribution in [-0.4, -0.2) is 19.0 Å². The summed E-state index contributed by atoms with van der Waals surface area (Å²) in [5.74, 6) is -0.818. The molecule has 0 aliphatic rings. The third-order valence-electron chi connectivity index (χ3n) is 2.92. The molecule has 0 saturated carbocycles. The van der Waals surface area contributed by atoms with Gasteiger partial charge in [-0.05, 0) is 38.1 Å². The van der Waals surface area contributed by atoms with Gasteiger partial charge in [-0.1, -0.05) is 11.3 Å². The molecular weight excluding hydrogens is 307 g/mol. The lowest BCUT2D eigenvalue weighted by molar-refractivity contribution is -0.105. The molecule has 1 amide bonds. The molecule has 2 aromatic rings. The molecule has 0 saturated heterocycles. The minimum atomic E-state index is -0.472. The SMILES string of the molecule is CCOC(=O)c1c(Nc2ccc(F)cc2)sc(NC=O)c1C. The van der Waals surface area contributed by atoms with Gasteiger partial charge in [-0.2, -0.15) is 0 Å². The van der Waals surface area contributed by atoms with E-state index in [4.69, 9.17) is 4.74 Å². The first-order valence-electron chi connectivity index (χ1n) is 6.60. The van der Waals surface area contributed by atoms with Crippen molar-refractivity contribution in [1.82, 2.24) is 0 Å². The van der Waals surface area contributed by atoms with Crippen LogP contribution in [0.1, 0.15) is 22.8 Å². The van der Waals surface area contributed by atoms with Crippen LogP contribution in [-0.2, 0) is 9.53 Å². The number of hydrogen-bond donors (Lipinski definition) is 2. The van der Waals surface area contributed by atoms with E-state index in [1.54, 1.807) is 26.0 Å². The molecule has 22 heavy (non-hydrogen) atoms. The first-order chi connectivity index (χ1) is 10.6. The fourth-order valence-electron chi connectivity index (χ4n) is 1.91. The number of esters is 1. The second kappa shape index (κ2) is 7.04. The van der Waals surface area contributed by atoms with Gasteiger partial charge in [0.2, 0.25) is 6.41 Å². The summed E-state index contributed by atoms with van der Waals surface area (Å²) in [6.07, 6.45) is 0.551. The number of rotatable bonds is 6. The average Bonchev–Trinajstić information content (AvgIpc) is 2.78. The van der Waals surface area contributed by atoms with Crippen molar-refractivity contribution < 1.29 is 18.7 Å². The van der Waals surface area contributed by atoms with Crippen LogP contribution in [0.2, 0.25) is 0 Å². The van der Waals surface area contributed by atoms with E-state index in [1.807, 2.05) is 0 Å². The van der Waals surface area contributed by atoms with Crippen molar-refractivity contribution in [2.45, 2.75) is 13.8 Å². The van der Waals surface area contributed by atoms with Crippen molar-refractivity contribution in [1.29, 1.82) is 0 Å². The third kappa shape index (κ3) is 3.43. The van der Waals surface area contributed by atoms with Crippen LogP contribution in [0.15, 0.2) is 24.3 Å². The number of carbonyl (C=O) groups excluding carboxylic acids is 2. The summed E-state index contributed by atoms with van der Waals surface area (Å²) in [4.78, 5) is 22.8. The van der Waals surface area contributed by atoms with Crippen LogP contribution in [0.25, 0.3) is 0 Å². The topological polar surface area (TPSA) is 67.4 Å². The van der Waals surface area contributed by atoms with Gasteiger partial charge in [0, 0.05) is 11.3 Å². The van der Waals surface area contributed by atoms with E-state index in [9.17, 15) is 14.0 Å². The van der Waals surface area contributed by atoms with E-state index in [1.165, 1.54) is 23.5 Å². The number of amides is 1. The predicted molar refractivity (Wildman–Crippen MR) is 84.4 cm³/mol. The monoisotopic (exact) mass is 322 g/mol. The fraction of sp³-hybridized carbons (Fsp3) is 0.200. The number of halogens is 1. The van der Waals surface area contributed by atoms with Crippen molar-refractivity contribution >= 4 is 39.4 Å². The summed E-state index contributed by atoms with van der Waals surface area (Å²) in [5.41, 5.74) is 1.62. The van der Waals surface area contributed by atoms with Crippen LogP contribution in [0, 0.1) is 12.7 Å². The summed E-state index contributed by atoms with van der Waals surface area (Å²) < 4.78 is 18.0. The van der Waals surface area contributed by atoms with Crippen molar-refractivity contribution in [3.05, 3.63) is 41.2 Å². The maximum Gasteiger partial charge on any atom is 0.341 e. The van der Waals surface area contributed by atoms with E-state index in [0.717, 1.165) is 0 Å². The third-order valence-corrected chi connectivity index (χ3v) is 4.06. The van der Waals surface area contributed by atoms with Gasteiger partial charge in [0.1, 0.15) is 15.8 Å². The van der Waals surface area contributed by atoms with Gasteiger partial charge >= 0.3 is 5.97 Å². The van der Waals surface area contributed by atoms with Crippen LogP contribution in [0.5, 0.6) is 0 Å². The van der Waals surface area contributed by atoms with Gasteiger partial charge < -0.3 is 15.4 Å². The van der Waals surface area contributed by atoms with E-state index in [2.05, 4.69) is 10.6 Å². The quantitative estimate of drug-likeness (QED) is 0.629. The lowest BCUT2D eigenvalue weighted by Crippen LogP contribution is -2.07. The maximum absolute atomic E-state index is 13.0.